The second-order valence-corrected chi connectivity index (χ2v) is 5.98. The minimum Gasteiger partial charge on any atom is -0.281 e. The second kappa shape index (κ2) is 5.16. The number of alkyl halides is 1. The molecule has 1 aromatic rings. The molecule has 5 nitrogen and oxygen atoms in total. The smallest absolute Gasteiger partial charge is 0.244 e. The monoisotopic (exact) mass is 265 g/mol. The number of aromatic nitrogens is 2. The molecular weight excluding hydrogens is 250 g/mol. The highest BCUT2D eigenvalue weighted by molar-refractivity contribution is 7.89. The van der Waals surface area contributed by atoms with Crippen molar-refractivity contribution in [3.05, 3.63) is 11.9 Å². The summed E-state index contributed by atoms with van der Waals surface area (Å²) < 4.78 is 26.5. The zero-order valence-corrected chi connectivity index (χ0v) is 11.1. The third-order valence-electron chi connectivity index (χ3n) is 2.35. The number of sulfonamides is 1. The minimum absolute atomic E-state index is 0.138. The van der Waals surface area contributed by atoms with Crippen LogP contribution in [0, 0.1) is 12.8 Å². The maximum absolute atomic E-state index is 12.0. The largest absolute Gasteiger partial charge is 0.281 e. The van der Waals surface area contributed by atoms with Crippen molar-refractivity contribution in [2.24, 2.45) is 5.92 Å². The van der Waals surface area contributed by atoms with E-state index in [1.165, 1.54) is 6.20 Å². The molecule has 2 N–H and O–H groups in total. The third-order valence-corrected chi connectivity index (χ3v) is 4.29. The molecule has 1 heterocycles. The van der Waals surface area contributed by atoms with Crippen LogP contribution in [0.1, 0.15) is 19.5 Å². The summed E-state index contributed by atoms with van der Waals surface area (Å²) in [5, 5.41) is 6.28. The van der Waals surface area contributed by atoms with Gasteiger partial charge in [0.1, 0.15) is 4.90 Å². The first-order chi connectivity index (χ1) is 7.38. The molecule has 1 aromatic heterocycles. The Kier molecular flexibility index (Phi) is 4.35. The van der Waals surface area contributed by atoms with E-state index in [4.69, 9.17) is 11.6 Å². The van der Waals surface area contributed by atoms with Crippen molar-refractivity contribution in [3.8, 4) is 0 Å². The van der Waals surface area contributed by atoms with Crippen LogP contribution in [0.15, 0.2) is 11.1 Å². The number of halogens is 1. The zero-order valence-electron chi connectivity index (χ0n) is 9.49. The van der Waals surface area contributed by atoms with E-state index in [0.717, 1.165) is 0 Å². The average molecular weight is 266 g/mol. The van der Waals surface area contributed by atoms with Gasteiger partial charge in [0.25, 0.3) is 0 Å². The molecule has 0 saturated carbocycles. The Bertz CT molecular complexity index is 441. The highest BCUT2D eigenvalue weighted by Crippen LogP contribution is 2.14. The Morgan fingerprint density at radius 3 is 2.56 bits per heavy atom. The molecule has 7 heteroatoms. The van der Waals surface area contributed by atoms with Crippen LogP contribution in [0.5, 0.6) is 0 Å². The molecule has 1 atom stereocenters. The van der Waals surface area contributed by atoms with Crippen LogP contribution >= 0.6 is 11.6 Å². The van der Waals surface area contributed by atoms with Crippen LogP contribution in [0.4, 0.5) is 0 Å². The minimum atomic E-state index is -3.53. The van der Waals surface area contributed by atoms with Gasteiger partial charge in [-0.2, -0.15) is 5.10 Å². The maximum atomic E-state index is 12.0. The zero-order chi connectivity index (χ0) is 12.3. The number of aryl methyl sites for hydroxylation is 1. The van der Waals surface area contributed by atoms with Gasteiger partial charge in [-0.05, 0) is 12.8 Å². The molecule has 0 saturated heterocycles. The molecule has 92 valence electrons. The van der Waals surface area contributed by atoms with E-state index in [-0.39, 0.29) is 22.7 Å². The van der Waals surface area contributed by atoms with E-state index in [2.05, 4.69) is 14.9 Å². The number of hydrogen-bond donors (Lipinski definition) is 2. The number of hydrogen-bond acceptors (Lipinski definition) is 3. The van der Waals surface area contributed by atoms with Crippen LogP contribution in [0.25, 0.3) is 0 Å². The fourth-order valence-electron chi connectivity index (χ4n) is 1.22. The molecule has 0 spiro atoms. The lowest BCUT2D eigenvalue weighted by Gasteiger charge is -2.19. The number of nitrogens with one attached hydrogen (secondary N) is 2. The second-order valence-electron chi connectivity index (χ2n) is 3.99. The third kappa shape index (κ3) is 2.96. The molecule has 0 aliphatic heterocycles. The summed E-state index contributed by atoms with van der Waals surface area (Å²) >= 11 is 5.72. The summed E-state index contributed by atoms with van der Waals surface area (Å²) in [6.07, 6.45) is 1.29. The van der Waals surface area contributed by atoms with Gasteiger partial charge < -0.3 is 0 Å². The van der Waals surface area contributed by atoms with Gasteiger partial charge in [-0.1, -0.05) is 13.8 Å². The SMILES string of the molecule is Cc1[nH]ncc1S(=O)(=O)NC(CCl)C(C)C. The Morgan fingerprint density at radius 2 is 2.19 bits per heavy atom. The molecule has 0 aromatic carbocycles. The van der Waals surface area contributed by atoms with Crippen molar-refractivity contribution in [2.75, 3.05) is 5.88 Å². The van der Waals surface area contributed by atoms with Gasteiger partial charge >= 0.3 is 0 Å². The number of nitrogens with zero attached hydrogens (tertiary/aromatic N) is 1. The van der Waals surface area contributed by atoms with Crippen molar-refractivity contribution in [2.45, 2.75) is 31.7 Å². The first-order valence-electron chi connectivity index (χ1n) is 4.96. The van der Waals surface area contributed by atoms with E-state index in [9.17, 15) is 8.42 Å². The van der Waals surface area contributed by atoms with Gasteiger partial charge in [0.2, 0.25) is 10.0 Å². The first kappa shape index (κ1) is 13.5. The molecule has 16 heavy (non-hydrogen) atoms. The summed E-state index contributed by atoms with van der Waals surface area (Å²) in [6, 6.07) is -0.277. The highest BCUT2D eigenvalue weighted by Gasteiger charge is 2.24. The lowest BCUT2D eigenvalue weighted by atomic mass is 10.1. The number of H-pyrrole nitrogens is 1. The Hall–Kier alpha value is -0.590. The fraction of sp³-hybridized carbons (Fsp3) is 0.667. The Morgan fingerprint density at radius 1 is 1.56 bits per heavy atom. The lowest BCUT2D eigenvalue weighted by molar-refractivity contribution is 0.480. The first-order valence-corrected chi connectivity index (χ1v) is 6.98. The van der Waals surface area contributed by atoms with Crippen LogP contribution in [0.3, 0.4) is 0 Å². The van der Waals surface area contributed by atoms with Crippen molar-refractivity contribution >= 4 is 21.6 Å². The van der Waals surface area contributed by atoms with Gasteiger partial charge in [-0.15, -0.1) is 11.6 Å². The summed E-state index contributed by atoms with van der Waals surface area (Å²) in [5.41, 5.74) is 0.518. The predicted octanol–water partition coefficient (Wildman–Crippen LogP) is 1.26. The number of rotatable bonds is 5. The maximum Gasteiger partial charge on any atom is 0.244 e. The van der Waals surface area contributed by atoms with Crippen molar-refractivity contribution in [1.82, 2.24) is 14.9 Å². The average Bonchev–Trinajstić information content (AvgIpc) is 2.61. The number of aromatic amines is 1. The molecule has 0 fully saturated rings. The Labute approximate surface area is 101 Å². The van der Waals surface area contributed by atoms with Crippen LogP contribution in [-0.2, 0) is 10.0 Å². The van der Waals surface area contributed by atoms with Gasteiger partial charge in [-0.3, -0.25) is 5.10 Å². The van der Waals surface area contributed by atoms with Gasteiger partial charge in [0, 0.05) is 11.9 Å². The van der Waals surface area contributed by atoms with E-state index < -0.39 is 10.0 Å². The molecular formula is C9H16ClN3O2S. The van der Waals surface area contributed by atoms with E-state index in [1.54, 1.807) is 6.92 Å². The normalized spacial score (nSPS) is 14.3. The standard InChI is InChI=1S/C9H16ClN3O2S/c1-6(2)8(4-10)13-16(14,15)9-5-11-12-7(9)3/h5-6,8,13H,4H2,1-3H3,(H,11,12). The van der Waals surface area contributed by atoms with Crippen LogP contribution in [0.2, 0.25) is 0 Å². The summed E-state index contributed by atoms with van der Waals surface area (Å²) in [7, 11) is -3.53. The quantitative estimate of drug-likeness (QED) is 0.787. The molecule has 0 amide bonds. The van der Waals surface area contributed by atoms with E-state index in [1.807, 2.05) is 13.8 Å². The van der Waals surface area contributed by atoms with Crippen LogP contribution < -0.4 is 4.72 Å². The molecule has 1 rings (SSSR count). The van der Waals surface area contributed by atoms with Gasteiger partial charge in [0.15, 0.2) is 0 Å². The van der Waals surface area contributed by atoms with E-state index >= 15 is 0 Å². The molecule has 1 unspecified atom stereocenters. The molecule has 0 bridgehead atoms. The fourth-order valence-corrected chi connectivity index (χ4v) is 3.27. The van der Waals surface area contributed by atoms with Crippen molar-refractivity contribution in [1.29, 1.82) is 0 Å². The Balaban J connectivity index is 2.92. The summed E-state index contributed by atoms with van der Waals surface area (Å²) in [4.78, 5) is 0.170. The van der Waals surface area contributed by atoms with Gasteiger partial charge in [0.05, 0.1) is 11.9 Å². The van der Waals surface area contributed by atoms with E-state index in [0.29, 0.717) is 5.69 Å². The summed E-state index contributed by atoms with van der Waals surface area (Å²) in [6.45, 7) is 5.49. The highest BCUT2D eigenvalue weighted by atomic mass is 35.5. The van der Waals surface area contributed by atoms with Gasteiger partial charge in [-0.25, -0.2) is 13.1 Å². The molecule has 0 aliphatic rings. The van der Waals surface area contributed by atoms with Crippen molar-refractivity contribution < 1.29 is 8.42 Å². The van der Waals surface area contributed by atoms with Crippen molar-refractivity contribution in [3.63, 3.8) is 0 Å². The summed E-state index contributed by atoms with van der Waals surface area (Å²) in [5.74, 6) is 0.382. The predicted molar refractivity (Wildman–Crippen MR) is 63.0 cm³/mol. The lowest BCUT2D eigenvalue weighted by Crippen LogP contribution is -2.39. The van der Waals surface area contributed by atoms with Crippen LogP contribution in [-0.4, -0.2) is 30.5 Å². The topological polar surface area (TPSA) is 74.8 Å². The molecule has 0 aliphatic carbocycles. The molecule has 0 radical (unpaired) electrons.